The molecule has 1 aromatic carbocycles. The highest BCUT2D eigenvalue weighted by atomic mass is 35.5. The quantitative estimate of drug-likeness (QED) is 0.843. The van der Waals surface area contributed by atoms with Gasteiger partial charge in [-0.3, -0.25) is 4.79 Å². The zero-order chi connectivity index (χ0) is 14.4. The molecule has 0 aliphatic carbocycles. The summed E-state index contributed by atoms with van der Waals surface area (Å²) in [5.74, 6) is 1.56. The van der Waals surface area contributed by atoms with Crippen molar-refractivity contribution < 1.29 is 4.79 Å². The minimum absolute atomic E-state index is 0. The number of nitrogens with zero attached hydrogens (tertiary/aromatic N) is 1. The van der Waals surface area contributed by atoms with Crippen LogP contribution in [0.25, 0.3) is 0 Å². The Morgan fingerprint density at radius 1 is 1.29 bits per heavy atom. The number of thioether (sulfide) groups is 1. The van der Waals surface area contributed by atoms with Crippen LogP contribution >= 0.6 is 24.2 Å². The number of hydrogen-bond acceptors (Lipinski definition) is 3. The Morgan fingerprint density at radius 3 is 2.48 bits per heavy atom. The van der Waals surface area contributed by atoms with Gasteiger partial charge in [0.2, 0.25) is 5.91 Å². The molecule has 21 heavy (non-hydrogen) atoms. The Morgan fingerprint density at radius 2 is 1.90 bits per heavy atom. The number of nitrogens with one attached hydrogen (secondary N) is 1. The molecule has 1 aromatic rings. The topological polar surface area (TPSA) is 32.3 Å². The summed E-state index contributed by atoms with van der Waals surface area (Å²) in [5.41, 5.74) is 1.26. The molecule has 1 aliphatic heterocycles. The van der Waals surface area contributed by atoms with Crippen LogP contribution in [-0.4, -0.2) is 43.2 Å². The summed E-state index contributed by atoms with van der Waals surface area (Å²) in [6.07, 6.45) is 2.25. The first-order chi connectivity index (χ1) is 9.69. The molecule has 2 rings (SSSR count). The Hall–Kier alpha value is -0.710. The first-order valence-electron chi connectivity index (χ1n) is 7.31. The van der Waals surface area contributed by atoms with Gasteiger partial charge in [0.1, 0.15) is 0 Å². The van der Waals surface area contributed by atoms with Crippen molar-refractivity contribution in [2.24, 2.45) is 5.92 Å². The number of piperidine rings is 1. The molecular formula is C16H25ClN2OS. The fourth-order valence-corrected chi connectivity index (χ4v) is 3.35. The predicted molar refractivity (Wildman–Crippen MR) is 92.4 cm³/mol. The van der Waals surface area contributed by atoms with Gasteiger partial charge in [-0.1, -0.05) is 17.7 Å². The highest BCUT2D eigenvalue weighted by Gasteiger charge is 2.22. The zero-order valence-corrected chi connectivity index (χ0v) is 14.4. The molecule has 1 amide bonds. The van der Waals surface area contributed by atoms with E-state index in [1.54, 1.807) is 11.8 Å². The second kappa shape index (κ2) is 9.34. The molecule has 0 atom stereocenters. The molecule has 1 heterocycles. The molecule has 1 N–H and O–H groups in total. The number of likely N-dealkylation sites (tertiary alicyclic amines) is 1. The number of rotatable bonds is 5. The van der Waals surface area contributed by atoms with Crippen LogP contribution in [0.1, 0.15) is 18.4 Å². The van der Waals surface area contributed by atoms with Crippen molar-refractivity contribution >= 4 is 30.1 Å². The SMILES string of the molecule is CNCC1CCN(C(=O)CSc2ccc(C)cc2)CC1.Cl. The van der Waals surface area contributed by atoms with E-state index in [2.05, 4.69) is 36.5 Å². The third-order valence-electron chi connectivity index (χ3n) is 3.84. The maximum Gasteiger partial charge on any atom is 0.232 e. The predicted octanol–water partition coefficient (Wildman–Crippen LogP) is 2.97. The third kappa shape index (κ3) is 5.89. The van der Waals surface area contributed by atoms with Gasteiger partial charge >= 0.3 is 0 Å². The molecule has 1 aliphatic rings. The van der Waals surface area contributed by atoms with Crippen molar-refractivity contribution in [1.29, 1.82) is 0 Å². The number of hydrogen-bond donors (Lipinski definition) is 1. The van der Waals surface area contributed by atoms with Crippen LogP contribution in [-0.2, 0) is 4.79 Å². The maximum atomic E-state index is 12.2. The summed E-state index contributed by atoms with van der Waals surface area (Å²) >= 11 is 1.64. The number of aryl methyl sites for hydroxylation is 1. The van der Waals surface area contributed by atoms with E-state index in [-0.39, 0.29) is 18.3 Å². The highest BCUT2D eigenvalue weighted by Crippen LogP contribution is 2.21. The first kappa shape index (κ1) is 18.3. The van der Waals surface area contributed by atoms with Gasteiger partial charge in [0, 0.05) is 18.0 Å². The number of amides is 1. The van der Waals surface area contributed by atoms with E-state index in [1.165, 1.54) is 10.5 Å². The van der Waals surface area contributed by atoms with Gasteiger partial charge in [-0.05, 0) is 51.4 Å². The lowest BCUT2D eigenvalue weighted by Crippen LogP contribution is -2.41. The minimum atomic E-state index is 0. The lowest BCUT2D eigenvalue weighted by atomic mass is 9.97. The largest absolute Gasteiger partial charge is 0.342 e. The average Bonchev–Trinajstić information content (AvgIpc) is 2.47. The maximum absolute atomic E-state index is 12.2. The fraction of sp³-hybridized carbons (Fsp3) is 0.562. The lowest BCUT2D eigenvalue weighted by Gasteiger charge is -2.31. The molecule has 0 spiro atoms. The van der Waals surface area contributed by atoms with Crippen LogP contribution < -0.4 is 5.32 Å². The summed E-state index contributed by atoms with van der Waals surface area (Å²) < 4.78 is 0. The number of benzene rings is 1. The van der Waals surface area contributed by atoms with E-state index in [0.29, 0.717) is 5.75 Å². The summed E-state index contributed by atoms with van der Waals surface area (Å²) in [7, 11) is 2.00. The lowest BCUT2D eigenvalue weighted by molar-refractivity contribution is -0.129. The zero-order valence-electron chi connectivity index (χ0n) is 12.8. The van der Waals surface area contributed by atoms with Crippen molar-refractivity contribution in [3.63, 3.8) is 0 Å². The van der Waals surface area contributed by atoms with Crippen molar-refractivity contribution in [2.45, 2.75) is 24.7 Å². The molecule has 0 saturated carbocycles. The van der Waals surface area contributed by atoms with Crippen LogP contribution in [0.4, 0.5) is 0 Å². The van der Waals surface area contributed by atoms with Gasteiger partial charge in [0.15, 0.2) is 0 Å². The molecule has 118 valence electrons. The summed E-state index contributed by atoms with van der Waals surface area (Å²) in [6.45, 7) is 4.98. The monoisotopic (exact) mass is 328 g/mol. The Bertz CT molecular complexity index is 430. The van der Waals surface area contributed by atoms with Crippen LogP contribution in [0.15, 0.2) is 29.2 Å². The average molecular weight is 329 g/mol. The first-order valence-corrected chi connectivity index (χ1v) is 8.29. The fourth-order valence-electron chi connectivity index (χ4n) is 2.55. The summed E-state index contributed by atoms with van der Waals surface area (Å²) in [4.78, 5) is 15.4. The van der Waals surface area contributed by atoms with Gasteiger partial charge in [0.25, 0.3) is 0 Å². The number of carbonyl (C=O) groups is 1. The molecule has 1 fully saturated rings. The van der Waals surface area contributed by atoms with Gasteiger partial charge in [-0.15, -0.1) is 24.2 Å². The summed E-state index contributed by atoms with van der Waals surface area (Å²) in [5, 5.41) is 3.23. The molecule has 3 nitrogen and oxygen atoms in total. The van der Waals surface area contributed by atoms with E-state index in [0.717, 1.165) is 38.4 Å². The second-order valence-corrected chi connectivity index (χ2v) is 6.53. The summed E-state index contributed by atoms with van der Waals surface area (Å²) in [6, 6.07) is 8.37. The third-order valence-corrected chi connectivity index (χ3v) is 4.84. The Labute approximate surface area is 138 Å². The van der Waals surface area contributed by atoms with Crippen molar-refractivity contribution in [3.8, 4) is 0 Å². The standard InChI is InChI=1S/C16H24N2OS.ClH/c1-13-3-5-15(6-4-13)20-12-16(19)18-9-7-14(8-10-18)11-17-2;/h3-6,14,17H,7-12H2,1-2H3;1H. The van der Waals surface area contributed by atoms with Gasteiger partial charge in [0.05, 0.1) is 5.75 Å². The molecule has 5 heteroatoms. The van der Waals surface area contributed by atoms with Gasteiger partial charge in [-0.25, -0.2) is 0 Å². The molecule has 0 aromatic heterocycles. The van der Waals surface area contributed by atoms with Crippen LogP contribution in [0.5, 0.6) is 0 Å². The van der Waals surface area contributed by atoms with E-state index >= 15 is 0 Å². The molecule has 0 unspecified atom stereocenters. The van der Waals surface area contributed by atoms with Gasteiger partial charge < -0.3 is 10.2 Å². The van der Waals surface area contributed by atoms with Crippen LogP contribution in [0.2, 0.25) is 0 Å². The van der Waals surface area contributed by atoms with Crippen molar-refractivity contribution in [2.75, 3.05) is 32.4 Å². The van der Waals surface area contributed by atoms with E-state index in [1.807, 2.05) is 11.9 Å². The molecule has 1 saturated heterocycles. The molecule has 0 radical (unpaired) electrons. The normalized spacial score (nSPS) is 15.6. The molecular weight excluding hydrogens is 304 g/mol. The highest BCUT2D eigenvalue weighted by molar-refractivity contribution is 8.00. The minimum Gasteiger partial charge on any atom is -0.342 e. The smallest absolute Gasteiger partial charge is 0.232 e. The van der Waals surface area contributed by atoms with E-state index in [4.69, 9.17) is 0 Å². The number of halogens is 1. The van der Waals surface area contributed by atoms with Crippen molar-refractivity contribution in [1.82, 2.24) is 10.2 Å². The van der Waals surface area contributed by atoms with Crippen LogP contribution in [0, 0.1) is 12.8 Å². The van der Waals surface area contributed by atoms with E-state index < -0.39 is 0 Å². The number of carbonyl (C=O) groups excluding carboxylic acids is 1. The second-order valence-electron chi connectivity index (χ2n) is 5.48. The Balaban J connectivity index is 0.00000220. The Kier molecular flexibility index (Phi) is 8.15. The van der Waals surface area contributed by atoms with Gasteiger partial charge in [-0.2, -0.15) is 0 Å². The molecule has 0 bridgehead atoms. The van der Waals surface area contributed by atoms with E-state index in [9.17, 15) is 4.79 Å². The van der Waals surface area contributed by atoms with Crippen molar-refractivity contribution in [3.05, 3.63) is 29.8 Å². The van der Waals surface area contributed by atoms with Crippen LogP contribution in [0.3, 0.4) is 0 Å².